The molecule has 2 heterocycles. The zero-order valence-electron chi connectivity index (χ0n) is 12.7. The highest BCUT2D eigenvalue weighted by Crippen LogP contribution is 2.23. The van der Waals surface area contributed by atoms with Crippen molar-refractivity contribution in [2.45, 2.75) is 13.8 Å². The van der Waals surface area contributed by atoms with Crippen LogP contribution in [-0.2, 0) is 0 Å². The van der Waals surface area contributed by atoms with E-state index in [1.165, 1.54) is 0 Å². The third-order valence-electron chi connectivity index (χ3n) is 3.24. The number of carbonyl (C=O) groups excluding carboxylic acids is 1. The van der Waals surface area contributed by atoms with Gasteiger partial charge in [0.25, 0.3) is 5.91 Å². The van der Waals surface area contributed by atoms with Gasteiger partial charge in [-0.2, -0.15) is 0 Å². The van der Waals surface area contributed by atoms with Crippen LogP contribution in [0, 0.1) is 13.8 Å². The van der Waals surface area contributed by atoms with Crippen LogP contribution in [0.4, 0.5) is 5.69 Å². The summed E-state index contributed by atoms with van der Waals surface area (Å²) < 4.78 is 10.7. The highest BCUT2D eigenvalue weighted by atomic mass is 16.5. The van der Waals surface area contributed by atoms with Gasteiger partial charge in [-0.25, -0.2) is 0 Å². The third-order valence-corrected chi connectivity index (χ3v) is 3.24. The summed E-state index contributed by atoms with van der Waals surface area (Å²) in [7, 11) is 0. The maximum Gasteiger partial charge on any atom is 0.261 e. The molecular formula is C17H15N3O3. The van der Waals surface area contributed by atoms with Crippen LogP contribution in [0.3, 0.4) is 0 Å². The lowest BCUT2D eigenvalue weighted by molar-refractivity contribution is 0.102. The minimum atomic E-state index is -0.248. The number of pyridine rings is 1. The second kappa shape index (κ2) is 6.31. The number of benzene rings is 1. The molecule has 0 aliphatic carbocycles. The van der Waals surface area contributed by atoms with E-state index in [0.717, 1.165) is 0 Å². The van der Waals surface area contributed by atoms with Crippen molar-refractivity contribution in [2.75, 3.05) is 5.32 Å². The highest BCUT2D eigenvalue weighted by molar-refractivity contribution is 6.05. The molecule has 1 N–H and O–H groups in total. The molecule has 3 rings (SSSR count). The van der Waals surface area contributed by atoms with E-state index in [9.17, 15) is 4.79 Å². The molecule has 0 saturated heterocycles. The summed E-state index contributed by atoms with van der Waals surface area (Å²) in [4.78, 5) is 16.2. The standard InChI is InChI=1S/C17H15N3O3/c1-11-16(12(2)23-20-11)17(21)19-13-5-7-14(8-6-13)22-15-4-3-9-18-10-15/h3-10H,1-2H3,(H,19,21). The average Bonchev–Trinajstić information content (AvgIpc) is 2.89. The summed E-state index contributed by atoms with van der Waals surface area (Å²) in [6, 6.07) is 10.7. The maximum absolute atomic E-state index is 12.2. The monoisotopic (exact) mass is 309 g/mol. The molecule has 0 atom stereocenters. The number of nitrogens with zero attached hydrogens (tertiary/aromatic N) is 2. The van der Waals surface area contributed by atoms with Crippen LogP contribution in [0.25, 0.3) is 0 Å². The molecular weight excluding hydrogens is 294 g/mol. The SMILES string of the molecule is Cc1noc(C)c1C(=O)Nc1ccc(Oc2cccnc2)cc1. The van der Waals surface area contributed by atoms with Crippen molar-refractivity contribution in [3.05, 3.63) is 65.8 Å². The summed E-state index contributed by atoms with van der Waals surface area (Å²) in [6.45, 7) is 3.44. The Bertz CT molecular complexity index is 791. The summed E-state index contributed by atoms with van der Waals surface area (Å²) >= 11 is 0. The van der Waals surface area contributed by atoms with Gasteiger partial charge in [0.05, 0.1) is 11.9 Å². The van der Waals surface area contributed by atoms with Crippen LogP contribution in [-0.4, -0.2) is 16.0 Å². The normalized spacial score (nSPS) is 10.3. The van der Waals surface area contributed by atoms with E-state index in [-0.39, 0.29) is 5.91 Å². The molecule has 23 heavy (non-hydrogen) atoms. The summed E-state index contributed by atoms with van der Waals surface area (Å²) in [6.07, 6.45) is 3.31. The molecule has 0 aliphatic heterocycles. The van der Waals surface area contributed by atoms with Gasteiger partial charge < -0.3 is 14.6 Å². The summed E-state index contributed by atoms with van der Waals surface area (Å²) in [5.74, 6) is 1.56. The Morgan fingerprint density at radius 3 is 2.52 bits per heavy atom. The number of nitrogens with one attached hydrogen (secondary N) is 1. The number of aryl methyl sites for hydroxylation is 2. The van der Waals surface area contributed by atoms with Gasteiger partial charge in [0.1, 0.15) is 22.8 Å². The van der Waals surface area contributed by atoms with Crippen molar-refractivity contribution >= 4 is 11.6 Å². The van der Waals surface area contributed by atoms with E-state index in [4.69, 9.17) is 9.26 Å². The molecule has 2 aromatic heterocycles. The van der Waals surface area contributed by atoms with E-state index in [0.29, 0.717) is 34.2 Å². The predicted octanol–water partition coefficient (Wildman–Crippen LogP) is 3.73. The van der Waals surface area contributed by atoms with Crippen LogP contribution in [0.5, 0.6) is 11.5 Å². The Labute approximate surface area is 133 Å². The molecule has 1 amide bonds. The first kappa shape index (κ1) is 14.8. The van der Waals surface area contributed by atoms with Crippen LogP contribution in [0.2, 0.25) is 0 Å². The first-order valence-electron chi connectivity index (χ1n) is 7.05. The van der Waals surface area contributed by atoms with E-state index in [1.54, 1.807) is 56.6 Å². The number of rotatable bonds is 4. The van der Waals surface area contributed by atoms with Crippen LogP contribution >= 0.6 is 0 Å². The van der Waals surface area contributed by atoms with Crippen molar-refractivity contribution in [3.63, 3.8) is 0 Å². The number of anilines is 1. The van der Waals surface area contributed by atoms with Gasteiger partial charge in [0.15, 0.2) is 0 Å². The Hall–Kier alpha value is -3.15. The first-order valence-corrected chi connectivity index (χ1v) is 7.05. The third kappa shape index (κ3) is 3.37. The number of carbonyl (C=O) groups is 1. The van der Waals surface area contributed by atoms with E-state index < -0.39 is 0 Å². The van der Waals surface area contributed by atoms with Gasteiger partial charge in [-0.1, -0.05) is 5.16 Å². The van der Waals surface area contributed by atoms with Gasteiger partial charge in [-0.05, 0) is 50.2 Å². The molecule has 116 valence electrons. The fraction of sp³-hybridized carbons (Fsp3) is 0.118. The van der Waals surface area contributed by atoms with Crippen LogP contribution in [0.15, 0.2) is 53.3 Å². The van der Waals surface area contributed by atoms with Gasteiger partial charge in [-0.15, -0.1) is 0 Å². The fourth-order valence-corrected chi connectivity index (χ4v) is 2.15. The number of aromatic nitrogens is 2. The highest BCUT2D eigenvalue weighted by Gasteiger charge is 2.17. The fourth-order valence-electron chi connectivity index (χ4n) is 2.15. The molecule has 0 bridgehead atoms. The average molecular weight is 309 g/mol. The smallest absolute Gasteiger partial charge is 0.261 e. The van der Waals surface area contributed by atoms with Crippen molar-refractivity contribution < 1.29 is 14.1 Å². The maximum atomic E-state index is 12.2. The van der Waals surface area contributed by atoms with Crippen LogP contribution < -0.4 is 10.1 Å². The second-order valence-corrected chi connectivity index (χ2v) is 4.97. The van der Waals surface area contributed by atoms with Crippen molar-refractivity contribution in [2.24, 2.45) is 0 Å². The molecule has 0 radical (unpaired) electrons. The quantitative estimate of drug-likeness (QED) is 0.794. The van der Waals surface area contributed by atoms with Gasteiger partial charge in [0, 0.05) is 11.9 Å². The number of hydrogen-bond acceptors (Lipinski definition) is 5. The second-order valence-electron chi connectivity index (χ2n) is 4.97. The Morgan fingerprint density at radius 1 is 1.13 bits per heavy atom. The van der Waals surface area contributed by atoms with Crippen LogP contribution in [0.1, 0.15) is 21.8 Å². The van der Waals surface area contributed by atoms with Crippen molar-refractivity contribution in [1.29, 1.82) is 0 Å². The topological polar surface area (TPSA) is 77.2 Å². The Morgan fingerprint density at radius 2 is 1.91 bits per heavy atom. The molecule has 3 aromatic rings. The van der Waals surface area contributed by atoms with Gasteiger partial charge in [0.2, 0.25) is 0 Å². The number of amides is 1. The zero-order chi connectivity index (χ0) is 16.2. The summed E-state index contributed by atoms with van der Waals surface area (Å²) in [5.41, 5.74) is 1.69. The molecule has 0 aliphatic rings. The molecule has 1 aromatic carbocycles. The lowest BCUT2D eigenvalue weighted by Gasteiger charge is -2.07. The molecule has 0 spiro atoms. The minimum Gasteiger partial charge on any atom is -0.456 e. The Kier molecular flexibility index (Phi) is 4.05. The number of ether oxygens (including phenoxy) is 1. The lowest BCUT2D eigenvalue weighted by Crippen LogP contribution is -2.13. The largest absolute Gasteiger partial charge is 0.456 e. The van der Waals surface area contributed by atoms with E-state index in [1.807, 2.05) is 6.07 Å². The number of hydrogen-bond donors (Lipinski definition) is 1. The minimum absolute atomic E-state index is 0.248. The lowest BCUT2D eigenvalue weighted by atomic mass is 10.2. The molecule has 6 heteroatoms. The molecule has 6 nitrogen and oxygen atoms in total. The molecule has 0 fully saturated rings. The van der Waals surface area contributed by atoms with Gasteiger partial charge >= 0.3 is 0 Å². The predicted molar refractivity (Wildman–Crippen MR) is 84.7 cm³/mol. The van der Waals surface area contributed by atoms with Gasteiger partial charge in [-0.3, -0.25) is 9.78 Å². The van der Waals surface area contributed by atoms with E-state index in [2.05, 4.69) is 15.5 Å². The van der Waals surface area contributed by atoms with Crippen molar-refractivity contribution in [1.82, 2.24) is 10.1 Å². The van der Waals surface area contributed by atoms with E-state index >= 15 is 0 Å². The summed E-state index contributed by atoms with van der Waals surface area (Å²) in [5, 5.41) is 6.59. The van der Waals surface area contributed by atoms with Crippen molar-refractivity contribution in [3.8, 4) is 11.5 Å². The first-order chi connectivity index (χ1) is 11.1. The zero-order valence-corrected chi connectivity index (χ0v) is 12.7. The molecule has 0 saturated carbocycles. The molecule has 0 unspecified atom stereocenters. The Balaban J connectivity index is 1.69.